The number of piperidine rings is 1. The van der Waals surface area contributed by atoms with E-state index in [0.717, 1.165) is 59.6 Å². The highest BCUT2D eigenvalue weighted by Crippen LogP contribution is 2.32. The van der Waals surface area contributed by atoms with Crippen molar-refractivity contribution in [2.75, 3.05) is 37.7 Å². The van der Waals surface area contributed by atoms with E-state index in [-0.39, 0.29) is 17.9 Å². The third-order valence-corrected chi connectivity index (χ3v) is 7.20. The van der Waals surface area contributed by atoms with Gasteiger partial charge < -0.3 is 20.7 Å². The number of rotatable bonds is 7. The summed E-state index contributed by atoms with van der Waals surface area (Å²) in [7, 11) is 1.85. The Kier molecular flexibility index (Phi) is 8.11. The van der Waals surface area contributed by atoms with Gasteiger partial charge in [0.25, 0.3) is 5.91 Å². The molecular weight excluding hydrogens is 440 g/mol. The van der Waals surface area contributed by atoms with Gasteiger partial charge in [-0.05, 0) is 88.8 Å². The van der Waals surface area contributed by atoms with Crippen LogP contribution in [0.25, 0.3) is 0 Å². The van der Waals surface area contributed by atoms with Crippen molar-refractivity contribution >= 4 is 23.2 Å². The van der Waals surface area contributed by atoms with E-state index in [1.54, 1.807) is 0 Å². The minimum absolute atomic E-state index is 0.0128. The maximum Gasteiger partial charge on any atom is 0.266 e. The molecule has 190 valence electrons. The van der Waals surface area contributed by atoms with Gasteiger partial charge in [-0.2, -0.15) is 0 Å². The van der Waals surface area contributed by atoms with Crippen molar-refractivity contribution in [3.8, 4) is 5.75 Å². The first kappa shape index (κ1) is 26.5. The molecule has 1 fully saturated rings. The fourth-order valence-electron chi connectivity index (χ4n) is 4.65. The lowest BCUT2D eigenvalue weighted by atomic mass is 9.99. The first-order chi connectivity index (χ1) is 16.4. The summed E-state index contributed by atoms with van der Waals surface area (Å²) >= 11 is 0. The Labute approximate surface area is 209 Å². The van der Waals surface area contributed by atoms with Gasteiger partial charge in [-0.15, -0.1) is 0 Å². The lowest BCUT2D eigenvalue weighted by Gasteiger charge is -2.39. The number of carbonyl (C=O) groups is 2. The summed E-state index contributed by atoms with van der Waals surface area (Å²) in [6, 6.07) is 9.79. The fourth-order valence-corrected chi connectivity index (χ4v) is 4.65. The number of nitrogens with zero attached hydrogens (tertiary/aromatic N) is 2. The SMILES string of the molecule is Cc1ccccc1NC(=O)CN1CCC(N(C)C(=O)C(C)(C)Oc2cc(C)c(N)c(C)c2C)CC1. The minimum atomic E-state index is -1.01. The summed E-state index contributed by atoms with van der Waals surface area (Å²) in [5.74, 6) is 0.622. The smallest absolute Gasteiger partial charge is 0.266 e. The van der Waals surface area contributed by atoms with Crippen molar-refractivity contribution in [1.29, 1.82) is 0 Å². The summed E-state index contributed by atoms with van der Waals surface area (Å²) in [6.45, 7) is 13.4. The number of amides is 2. The zero-order valence-electron chi connectivity index (χ0n) is 22.2. The van der Waals surface area contributed by atoms with Gasteiger partial charge in [-0.1, -0.05) is 18.2 Å². The first-order valence-corrected chi connectivity index (χ1v) is 12.3. The first-order valence-electron chi connectivity index (χ1n) is 12.3. The second-order valence-electron chi connectivity index (χ2n) is 10.3. The van der Waals surface area contributed by atoms with E-state index < -0.39 is 5.60 Å². The van der Waals surface area contributed by atoms with Gasteiger partial charge in [0.05, 0.1) is 6.54 Å². The minimum Gasteiger partial charge on any atom is -0.478 e. The molecule has 0 spiro atoms. The van der Waals surface area contributed by atoms with Crippen LogP contribution in [-0.2, 0) is 9.59 Å². The van der Waals surface area contributed by atoms with Crippen LogP contribution in [0.3, 0.4) is 0 Å². The van der Waals surface area contributed by atoms with E-state index >= 15 is 0 Å². The number of ether oxygens (including phenoxy) is 1. The Bertz CT molecular complexity index is 1090. The number of aryl methyl sites for hydroxylation is 2. The standard InChI is InChI=1S/C28H40N4O3/c1-18-10-8-9-11-23(18)30-25(33)17-32-14-12-22(13-15-32)31(7)27(34)28(5,6)35-24-16-19(2)26(29)21(4)20(24)3/h8-11,16,22H,12-15,17,29H2,1-7H3,(H,30,33). The van der Waals surface area contributed by atoms with Crippen molar-refractivity contribution in [2.45, 2.75) is 66.0 Å². The van der Waals surface area contributed by atoms with Crippen molar-refractivity contribution < 1.29 is 14.3 Å². The molecule has 0 aromatic heterocycles. The fraction of sp³-hybridized carbons (Fsp3) is 0.500. The monoisotopic (exact) mass is 480 g/mol. The molecule has 2 aromatic carbocycles. The summed E-state index contributed by atoms with van der Waals surface area (Å²) in [4.78, 5) is 29.9. The average molecular weight is 481 g/mol. The summed E-state index contributed by atoms with van der Waals surface area (Å²) in [5.41, 5.74) is 10.7. The number of benzene rings is 2. The zero-order valence-corrected chi connectivity index (χ0v) is 22.2. The van der Waals surface area contributed by atoms with Crippen LogP contribution in [-0.4, -0.2) is 59.9 Å². The molecule has 0 saturated carbocycles. The Hall–Kier alpha value is -3.06. The van der Waals surface area contributed by atoms with Gasteiger partial charge in [0.15, 0.2) is 5.60 Å². The van der Waals surface area contributed by atoms with E-state index in [2.05, 4.69) is 10.2 Å². The third kappa shape index (κ3) is 6.14. The largest absolute Gasteiger partial charge is 0.478 e. The molecule has 2 amide bonds. The van der Waals surface area contributed by atoms with Crippen LogP contribution in [0.15, 0.2) is 30.3 Å². The van der Waals surface area contributed by atoms with E-state index in [4.69, 9.17) is 10.5 Å². The Balaban J connectivity index is 1.55. The summed E-state index contributed by atoms with van der Waals surface area (Å²) < 4.78 is 6.25. The maximum atomic E-state index is 13.4. The van der Waals surface area contributed by atoms with E-state index in [0.29, 0.717) is 12.3 Å². The van der Waals surface area contributed by atoms with Gasteiger partial charge in [0.2, 0.25) is 5.91 Å². The molecule has 0 radical (unpaired) electrons. The van der Waals surface area contributed by atoms with Crippen LogP contribution in [0, 0.1) is 27.7 Å². The Morgan fingerprint density at radius 3 is 2.34 bits per heavy atom. The molecule has 1 heterocycles. The van der Waals surface area contributed by atoms with Crippen LogP contribution in [0.5, 0.6) is 5.75 Å². The molecule has 35 heavy (non-hydrogen) atoms. The lowest BCUT2D eigenvalue weighted by Crippen LogP contribution is -2.54. The number of likely N-dealkylation sites (N-methyl/N-ethyl adjacent to an activating group) is 1. The number of para-hydroxylation sites is 1. The molecule has 0 atom stereocenters. The van der Waals surface area contributed by atoms with E-state index in [9.17, 15) is 9.59 Å². The van der Waals surface area contributed by atoms with Crippen LogP contribution in [0.1, 0.15) is 48.9 Å². The molecule has 7 nitrogen and oxygen atoms in total. The molecule has 3 rings (SSSR count). The molecule has 7 heteroatoms. The van der Waals surface area contributed by atoms with Crippen LogP contribution >= 0.6 is 0 Å². The topological polar surface area (TPSA) is 87.9 Å². The molecule has 0 unspecified atom stereocenters. The molecule has 0 aliphatic carbocycles. The van der Waals surface area contributed by atoms with Crippen molar-refractivity contribution in [2.24, 2.45) is 0 Å². The van der Waals surface area contributed by atoms with Crippen molar-refractivity contribution in [3.63, 3.8) is 0 Å². The molecule has 1 aliphatic heterocycles. The third-order valence-electron chi connectivity index (χ3n) is 7.20. The van der Waals surface area contributed by atoms with Gasteiger partial charge in [-0.25, -0.2) is 0 Å². The highest BCUT2D eigenvalue weighted by molar-refractivity contribution is 5.93. The molecule has 1 saturated heterocycles. The van der Waals surface area contributed by atoms with Gasteiger partial charge >= 0.3 is 0 Å². The number of nitrogen functional groups attached to an aromatic ring is 1. The maximum absolute atomic E-state index is 13.4. The van der Waals surface area contributed by atoms with Crippen LogP contribution in [0.4, 0.5) is 11.4 Å². The molecule has 1 aliphatic rings. The van der Waals surface area contributed by atoms with Crippen molar-refractivity contribution in [3.05, 3.63) is 52.6 Å². The second kappa shape index (κ2) is 10.7. The Morgan fingerprint density at radius 2 is 1.71 bits per heavy atom. The van der Waals surface area contributed by atoms with Gasteiger partial charge in [0.1, 0.15) is 5.75 Å². The van der Waals surface area contributed by atoms with Crippen LogP contribution < -0.4 is 15.8 Å². The molecule has 2 aromatic rings. The number of likely N-dealkylation sites (tertiary alicyclic amines) is 1. The van der Waals surface area contributed by atoms with Gasteiger partial charge in [0, 0.05) is 37.6 Å². The average Bonchev–Trinajstić information content (AvgIpc) is 2.82. The molecule has 3 N–H and O–H groups in total. The number of nitrogens with two attached hydrogens (primary N) is 1. The predicted molar refractivity (Wildman–Crippen MR) is 142 cm³/mol. The van der Waals surface area contributed by atoms with Crippen molar-refractivity contribution in [1.82, 2.24) is 9.80 Å². The lowest BCUT2D eigenvalue weighted by molar-refractivity contribution is -0.147. The summed E-state index contributed by atoms with van der Waals surface area (Å²) in [5, 5.41) is 3.00. The summed E-state index contributed by atoms with van der Waals surface area (Å²) in [6.07, 6.45) is 1.63. The highest BCUT2D eigenvalue weighted by Gasteiger charge is 2.37. The number of hydrogen-bond acceptors (Lipinski definition) is 5. The normalized spacial score (nSPS) is 15.1. The van der Waals surface area contributed by atoms with Crippen LogP contribution in [0.2, 0.25) is 0 Å². The highest BCUT2D eigenvalue weighted by atomic mass is 16.5. The number of nitrogens with one attached hydrogen (secondary N) is 1. The molecule has 0 bridgehead atoms. The van der Waals surface area contributed by atoms with Gasteiger partial charge in [-0.3, -0.25) is 14.5 Å². The number of hydrogen-bond donors (Lipinski definition) is 2. The quantitative estimate of drug-likeness (QED) is 0.580. The second-order valence-corrected chi connectivity index (χ2v) is 10.3. The predicted octanol–water partition coefficient (Wildman–Crippen LogP) is 4.22. The zero-order chi connectivity index (χ0) is 25.9. The molecular formula is C28H40N4O3. The van der Waals surface area contributed by atoms with E-state index in [1.807, 2.05) is 83.8 Å². The number of anilines is 2. The van der Waals surface area contributed by atoms with E-state index in [1.165, 1.54) is 0 Å². The Morgan fingerprint density at radius 1 is 1.09 bits per heavy atom. The number of carbonyl (C=O) groups excluding carboxylic acids is 2.